The molecule has 0 bridgehead atoms. The first kappa shape index (κ1) is 20.4. The van der Waals surface area contributed by atoms with Gasteiger partial charge in [-0.1, -0.05) is 13.8 Å². The second-order valence-electron chi connectivity index (χ2n) is 6.74. The Bertz CT molecular complexity index is 852. The molecule has 0 amide bonds. The zero-order valence-corrected chi connectivity index (χ0v) is 16.3. The van der Waals surface area contributed by atoms with Crippen molar-refractivity contribution >= 4 is 23.8 Å². The molecular weight excluding hydrogens is 344 g/mol. The Morgan fingerprint density at radius 3 is 2.67 bits per heavy atom. The maximum atomic E-state index is 11.3. The van der Waals surface area contributed by atoms with Crippen molar-refractivity contribution in [1.29, 1.82) is 5.41 Å². The molecule has 146 valence electrons. The van der Waals surface area contributed by atoms with Gasteiger partial charge in [-0.2, -0.15) is 0 Å². The Labute approximate surface area is 158 Å². The highest BCUT2D eigenvalue weighted by Crippen LogP contribution is 2.23. The fourth-order valence-electron chi connectivity index (χ4n) is 2.46. The van der Waals surface area contributed by atoms with E-state index in [9.17, 15) is 9.90 Å². The van der Waals surface area contributed by atoms with Crippen molar-refractivity contribution in [3.8, 4) is 5.88 Å². The summed E-state index contributed by atoms with van der Waals surface area (Å²) in [5, 5.41) is 21.5. The number of rotatable bonds is 8. The summed E-state index contributed by atoms with van der Waals surface area (Å²) in [4.78, 5) is 24.4. The minimum Gasteiger partial charge on any atom is -0.493 e. The van der Waals surface area contributed by atoms with Crippen LogP contribution in [0.25, 0.3) is 6.08 Å². The first-order chi connectivity index (χ1) is 12.8. The van der Waals surface area contributed by atoms with Gasteiger partial charge in [-0.15, -0.1) is 0 Å². The predicted octanol–water partition coefficient (Wildman–Crippen LogP) is 2.61. The Morgan fingerprint density at radius 2 is 2.15 bits per heavy atom. The van der Waals surface area contributed by atoms with E-state index in [2.05, 4.69) is 39.1 Å². The van der Waals surface area contributed by atoms with Crippen molar-refractivity contribution in [2.24, 2.45) is 15.9 Å². The molecule has 1 aliphatic carbocycles. The van der Waals surface area contributed by atoms with Crippen LogP contribution in [0, 0.1) is 11.3 Å². The number of imidazole rings is 1. The highest BCUT2D eigenvalue weighted by Gasteiger charge is 2.23. The molecule has 5 N–H and O–H groups in total. The molecule has 1 heterocycles. The van der Waals surface area contributed by atoms with E-state index in [0.29, 0.717) is 23.2 Å². The Hall–Kier alpha value is -2.90. The third-order valence-corrected chi connectivity index (χ3v) is 4.39. The number of aromatic nitrogens is 2. The molecule has 0 aromatic carbocycles. The van der Waals surface area contributed by atoms with E-state index in [0.717, 1.165) is 12.1 Å². The molecule has 27 heavy (non-hydrogen) atoms. The van der Waals surface area contributed by atoms with Crippen LogP contribution in [0.2, 0.25) is 0 Å². The number of hydrogen-bond donors (Lipinski definition) is 5. The number of amidine groups is 1. The maximum absolute atomic E-state index is 11.3. The number of nitrogens with zero attached hydrogens (tertiary/aromatic N) is 2. The van der Waals surface area contributed by atoms with Crippen molar-refractivity contribution in [3.63, 3.8) is 0 Å². The van der Waals surface area contributed by atoms with E-state index in [1.54, 1.807) is 32.3 Å². The van der Waals surface area contributed by atoms with Gasteiger partial charge in [0.2, 0.25) is 5.88 Å². The topological polar surface area (TPSA) is 129 Å². The van der Waals surface area contributed by atoms with Crippen molar-refractivity contribution in [2.45, 2.75) is 46.1 Å². The summed E-state index contributed by atoms with van der Waals surface area (Å²) in [7, 11) is 1.62. The third kappa shape index (κ3) is 6.09. The summed E-state index contributed by atoms with van der Waals surface area (Å²) in [6.45, 7) is 6.01. The van der Waals surface area contributed by atoms with Crippen LogP contribution in [-0.2, 0) is 0 Å². The highest BCUT2D eigenvalue weighted by molar-refractivity contribution is 6.21. The SMILES string of the molecule is CC[C@@H](C)/C(=C\C(=N)N=C(C)C(C=NC)=Cc1[nH]c(=O)[nH]c1O)NC1CC1. The molecular formula is C19H28N6O2. The number of nitrogens with one attached hydrogen (secondary N) is 4. The van der Waals surface area contributed by atoms with Crippen molar-refractivity contribution in [1.82, 2.24) is 15.3 Å². The molecule has 1 aromatic heterocycles. The van der Waals surface area contributed by atoms with Gasteiger partial charge in [-0.05, 0) is 38.2 Å². The first-order valence-corrected chi connectivity index (χ1v) is 9.11. The van der Waals surface area contributed by atoms with Crippen LogP contribution in [0.4, 0.5) is 0 Å². The van der Waals surface area contributed by atoms with Crippen molar-refractivity contribution in [3.05, 3.63) is 33.5 Å². The Morgan fingerprint density at radius 1 is 1.44 bits per heavy atom. The molecule has 0 aliphatic heterocycles. The largest absolute Gasteiger partial charge is 0.493 e. The van der Waals surface area contributed by atoms with Gasteiger partial charge < -0.3 is 15.4 Å². The summed E-state index contributed by atoms with van der Waals surface area (Å²) in [6, 6.07) is 0.513. The van der Waals surface area contributed by atoms with Gasteiger partial charge in [-0.25, -0.2) is 9.79 Å². The highest BCUT2D eigenvalue weighted by atomic mass is 16.3. The minimum atomic E-state index is -0.499. The van der Waals surface area contributed by atoms with Gasteiger partial charge in [0.05, 0.1) is 0 Å². The first-order valence-electron chi connectivity index (χ1n) is 9.11. The summed E-state index contributed by atoms with van der Waals surface area (Å²) in [5.74, 6) is 0.214. The van der Waals surface area contributed by atoms with Gasteiger partial charge in [0, 0.05) is 42.4 Å². The van der Waals surface area contributed by atoms with Gasteiger partial charge in [0.1, 0.15) is 11.5 Å². The molecule has 0 radical (unpaired) electrons. The molecule has 1 aliphatic rings. The van der Waals surface area contributed by atoms with Crippen LogP contribution in [0.3, 0.4) is 0 Å². The third-order valence-electron chi connectivity index (χ3n) is 4.39. The molecule has 0 saturated heterocycles. The van der Waals surface area contributed by atoms with E-state index in [-0.39, 0.29) is 17.4 Å². The number of H-pyrrole nitrogens is 2. The van der Waals surface area contributed by atoms with Gasteiger partial charge >= 0.3 is 5.69 Å². The van der Waals surface area contributed by atoms with E-state index >= 15 is 0 Å². The fraction of sp³-hybridized carbons (Fsp3) is 0.474. The van der Waals surface area contributed by atoms with Gasteiger partial charge in [0.25, 0.3) is 0 Å². The Balaban J connectivity index is 2.27. The zero-order chi connectivity index (χ0) is 20.0. The van der Waals surface area contributed by atoms with E-state index in [4.69, 9.17) is 5.41 Å². The molecule has 8 heteroatoms. The molecule has 0 unspecified atom stereocenters. The van der Waals surface area contributed by atoms with E-state index in [1.807, 2.05) is 0 Å². The predicted molar refractivity (Wildman–Crippen MR) is 110 cm³/mol. The average Bonchev–Trinajstić information content (AvgIpc) is 3.37. The normalized spacial score (nSPS) is 17.4. The van der Waals surface area contributed by atoms with Gasteiger partial charge in [0.15, 0.2) is 0 Å². The number of aliphatic imine (C=N–C) groups is 2. The number of allylic oxidation sites excluding steroid dienone is 2. The molecule has 1 aromatic rings. The summed E-state index contributed by atoms with van der Waals surface area (Å²) in [6.07, 6.45) is 8.22. The van der Waals surface area contributed by atoms with Crippen LogP contribution in [0.1, 0.15) is 45.7 Å². The summed E-state index contributed by atoms with van der Waals surface area (Å²) >= 11 is 0. The van der Waals surface area contributed by atoms with E-state index in [1.165, 1.54) is 12.8 Å². The summed E-state index contributed by atoms with van der Waals surface area (Å²) < 4.78 is 0. The summed E-state index contributed by atoms with van der Waals surface area (Å²) in [5.41, 5.74) is 1.91. The lowest BCUT2D eigenvalue weighted by atomic mass is 10.0. The monoisotopic (exact) mass is 372 g/mol. The molecule has 1 fully saturated rings. The second-order valence-corrected chi connectivity index (χ2v) is 6.74. The van der Waals surface area contributed by atoms with Crippen molar-refractivity contribution in [2.75, 3.05) is 7.05 Å². The maximum Gasteiger partial charge on any atom is 0.326 e. The number of hydrogen-bond acceptors (Lipinski definition) is 5. The molecule has 0 spiro atoms. The lowest BCUT2D eigenvalue weighted by Gasteiger charge is -2.16. The van der Waals surface area contributed by atoms with Crippen LogP contribution < -0.4 is 11.0 Å². The number of aromatic hydroxyl groups is 1. The smallest absolute Gasteiger partial charge is 0.326 e. The van der Waals surface area contributed by atoms with Gasteiger partial charge in [-0.3, -0.25) is 15.4 Å². The van der Waals surface area contributed by atoms with Crippen LogP contribution in [0.15, 0.2) is 32.1 Å². The molecule has 1 saturated carbocycles. The van der Waals surface area contributed by atoms with E-state index < -0.39 is 5.69 Å². The van der Waals surface area contributed by atoms with Crippen LogP contribution in [-0.4, -0.2) is 45.9 Å². The van der Waals surface area contributed by atoms with Crippen LogP contribution in [0.5, 0.6) is 5.88 Å². The zero-order valence-electron chi connectivity index (χ0n) is 16.3. The molecule has 1 atom stereocenters. The number of aromatic amines is 2. The van der Waals surface area contributed by atoms with Crippen molar-refractivity contribution < 1.29 is 5.11 Å². The molecule has 2 rings (SSSR count). The fourth-order valence-corrected chi connectivity index (χ4v) is 2.46. The molecule has 8 nitrogen and oxygen atoms in total. The standard InChI is InChI=1S/C19H28N6O2/c1-5-11(2)15(23-14-6-7-14)9-17(20)22-12(3)13(10-21-4)8-16-18(26)25-19(27)24-16/h8-11,14,20,23,26H,5-7H2,1-4H3,(H2,24,25,27)/b13-8?,15-9+,20-17?,21-10?,22-12?/t11-/m1/s1. The minimum absolute atomic E-state index is 0.137. The lowest BCUT2D eigenvalue weighted by Crippen LogP contribution is -2.21. The Kier molecular flexibility index (Phi) is 6.92. The lowest BCUT2D eigenvalue weighted by molar-refractivity contribution is 0.454. The quantitative estimate of drug-likeness (QED) is 0.355. The van der Waals surface area contributed by atoms with Crippen LogP contribution >= 0.6 is 0 Å². The second kappa shape index (κ2) is 9.16. The average molecular weight is 372 g/mol.